The number of ether oxygens (including phenoxy) is 1. The van der Waals surface area contributed by atoms with E-state index in [0.717, 1.165) is 19.4 Å². The van der Waals surface area contributed by atoms with E-state index in [-0.39, 0.29) is 5.91 Å². The Morgan fingerprint density at radius 2 is 2.31 bits per heavy atom. The Bertz CT molecular complexity index is 325. The van der Waals surface area contributed by atoms with Crippen LogP contribution in [-0.4, -0.2) is 31.2 Å². The molecule has 16 heavy (non-hydrogen) atoms. The first-order valence-electron chi connectivity index (χ1n) is 5.22. The Labute approximate surface area is 95.0 Å². The summed E-state index contributed by atoms with van der Waals surface area (Å²) in [6.45, 7) is 1.35. The quantitative estimate of drug-likeness (QED) is 0.700. The zero-order valence-electron chi connectivity index (χ0n) is 9.40. The first kappa shape index (κ1) is 12.4. The minimum absolute atomic E-state index is 0.169. The number of carbonyl (C=O) groups is 1. The molecule has 0 aliphatic carbocycles. The van der Waals surface area contributed by atoms with Crippen LogP contribution >= 0.6 is 0 Å². The largest absolute Gasteiger partial charge is 0.397 e. The van der Waals surface area contributed by atoms with E-state index in [0.29, 0.717) is 17.9 Å². The molecule has 3 N–H and O–H groups in total. The van der Waals surface area contributed by atoms with E-state index in [2.05, 4.69) is 10.3 Å². The van der Waals surface area contributed by atoms with Crippen molar-refractivity contribution in [2.24, 2.45) is 0 Å². The lowest BCUT2D eigenvalue weighted by Gasteiger charge is -2.04. The van der Waals surface area contributed by atoms with E-state index in [1.165, 1.54) is 6.20 Å². The Morgan fingerprint density at radius 3 is 2.94 bits per heavy atom. The van der Waals surface area contributed by atoms with Crippen molar-refractivity contribution in [1.82, 2.24) is 10.3 Å². The molecule has 0 saturated carbocycles. The molecule has 0 aliphatic heterocycles. The highest BCUT2D eigenvalue weighted by atomic mass is 16.5. The molecule has 0 aliphatic rings. The van der Waals surface area contributed by atoms with Gasteiger partial charge in [-0.1, -0.05) is 0 Å². The number of aromatic nitrogens is 1. The number of pyridine rings is 1. The molecule has 0 unspecified atom stereocenters. The van der Waals surface area contributed by atoms with Crippen LogP contribution in [0.2, 0.25) is 0 Å². The molecular weight excluding hydrogens is 206 g/mol. The number of nitrogen functional groups attached to an aromatic ring is 1. The summed E-state index contributed by atoms with van der Waals surface area (Å²) in [5.41, 5.74) is 6.42. The van der Waals surface area contributed by atoms with Gasteiger partial charge < -0.3 is 15.8 Å². The summed E-state index contributed by atoms with van der Waals surface area (Å²) in [7, 11) is 1.66. The first-order chi connectivity index (χ1) is 7.74. The van der Waals surface area contributed by atoms with Crippen molar-refractivity contribution in [2.75, 3.05) is 26.0 Å². The number of methoxy groups -OCH3 is 1. The van der Waals surface area contributed by atoms with Gasteiger partial charge in [-0.05, 0) is 25.0 Å². The Balaban J connectivity index is 2.27. The van der Waals surface area contributed by atoms with E-state index in [1.54, 1.807) is 19.2 Å². The fourth-order valence-corrected chi connectivity index (χ4v) is 1.20. The third kappa shape index (κ3) is 4.27. The van der Waals surface area contributed by atoms with Crippen molar-refractivity contribution in [3.05, 3.63) is 24.0 Å². The summed E-state index contributed by atoms with van der Waals surface area (Å²) in [6.07, 6.45) is 3.31. The lowest BCUT2D eigenvalue weighted by molar-refractivity contribution is 0.0946. The molecule has 5 heteroatoms. The molecule has 5 nitrogen and oxygen atoms in total. The summed E-state index contributed by atoms with van der Waals surface area (Å²) >= 11 is 0. The number of nitrogens with two attached hydrogens (primary N) is 1. The average Bonchev–Trinajstić information content (AvgIpc) is 2.29. The zero-order valence-corrected chi connectivity index (χ0v) is 9.40. The van der Waals surface area contributed by atoms with E-state index in [4.69, 9.17) is 10.5 Å². The van der Waals surface area contributed by atoms with E-state index < -0.39 is 0 Å². The molecule has 0 bridgehead atoms. The summed E-state index contributed by atoms with van der Waals surface area (Å²) in [6, 6.07) is 3.27. The molecule has 1 aromatic rings. The number of nitrogens with one attached hydrogen (secondary N) is 1. The number of hydrogen-bond acceptors (Lipinski definition) is 4. The van der Waals surface area contributed by atoms with Gasteiger partial charge in [-0.2, -0.15) is 0 Å². The van der Waals surface area contributed by atoms with Gasteiger partial charge in [-0.15, -0.1) is 0 Å². The van der Waals surface area contributed by atoms with Crippen LogP contribution in [0.1, 0.15) is 23.3 Å². The Morgan fingerprint density at radius 1 is 1.50 bits per heavy atom. The fraction of sp³-hybridized carbons (Fsp3) is 0.455. The van der Waals surface area contributed by atoms with E-state index in [1.807, 2.05) is 0 Å². The zero-order chi connectivity index (χ0) is 11.8. The van der Waals surface area contributed by atoms with Crippen LogP contribution in [0.15, 0.2) is 18.3 Å². The second kappa shape index (κ2) is 6.79. The highest BCUT2D eigenvalue weighted by molar-refractivity contribution is 5.92. The number of unbranched alkanes of at least 4 members (excludes halogenated alkanes) is 1. The van der Waals surface area contributed by atoms with Gasteiger partial charge in [0.2, 0.25) is 0 Å². The highest BCUT2D eigenvalue weighted by Crippen LogP contribution is 2.00. The SMILES string of the molecule is COCCCCNC(=O)c1ccc(N)cn1. The van der Waals surface area contributed by atoms with Crippen LogP contribution in [0.3, 0.4) is 0 Å². The fourth-order valence-electron chi connectivity index (χ4n) is 1.20. The first-order valence-corrected chi connectivity index (χ1v) is 5.22. The van der Waals surface area contributed by atoms with Crippen LogP contribution in [0.5, 0.6) is 0 Å². The van der Waals surface area contributed by atoms with Crippen LogP contribution in [0, 0.1) is 0 Å². The molecule has 0 atom stereocenters. The summed E-state index contributed by atoms with van der Waals surface area (Å²) in [5.74, 6) is -0.169. The standard InChI is InChI=1S/C11H17N3O2/c1-16-7-3-2-6-13-11(15)10-5-4-9(12)8-14-10/h4-5,8H,2-3,6-7,12H2,1H3,(H,13,15). The maximum Gasteiger partial charge on any atom is 0.269 e. The Hall–Kier alpha value is -1.62. The number of anilines is 1. The number of amides is 1. The second-order valence-electron chi connectivity index (χ2n) is 3.43. The van der Waals surface area contributed by atoms with Crippen molar-refractivity contribution in [3.8, 4) is 0 Å². The van der Waals surface area contributed by atoms with Crippen molar-refractivity contribution < 1.29 is 9.53 Å². The summed E-state index contributed by atoms with van der Waals surface area (Å²) in [4.78, 5) is 15.5. The van der Waals surface area contributed by atoms with Crippen LogP contribution < -0.4 is 11.1 Å². The summed E-state index contributed by atoms with van der Waals surface area (Å²) in [5, 5.41) is 2.78. The number of rotatable bonds is 6. The van der Waals surface area contributed by atoms with Crippen molar-refractivity contribution >= 4 is 11.6 Å². The molecule has 0 spiro atoms. The minimum Gasteiger partial charge on any atom is -0.397 e. The molecule has 0 saturated heterocycles. The molecule has 0 fully saturated rings. The van der Waals surface area contributed by atoms with E-state index >= 15 is 0 Å². The van der Waals surface area contributed by atoms with Gasteiger partial charge in [-0.3, -0.25) is 4.79 Å². The lowest BCUT2D eigenvalue weighted by Crippen LogP contribution is -2.25. The summed E-state index contributed by atoms with van der Waals surface area (Å²) < 4.78 is 4.91. The number of hydrogen-bond donors (Lipinski definition) is 2. The third-order valence-corrected chi connectivity index (χ3v) is 2.08. The van der Waals surface area contributed by atoms with Crippen molar-refractivity contribution in [1.29, 1.82) is 0 Å². The normalized spacial score (nSPS) is 10.1. The molecule has 1 aromatic heterocycles. The monoisotopic (exact) mass is 223 g/mol. The van der Waals surface area contributed by atoms with Crippen molar-refractivity contribution in [3.63, 3.8) is 0 Å². The smallest absolute Gasteiger partial charge is 0.269 e. The van der Waals surface area contributed by atoms with Gasteiger partial charge in [0.15, 0.2) is 0 Å². The van der Waals surface area contributed by atoms with E-state index in [9.17, 15) is 4.79 Å². The second-order valence-corrected chi connectivity index (χ2v) is 3.43. The predicted molar refractivity (Wildman–Crippen MR) is 62.1 cm³/mol. The molecule has 1 heterocycles. The van der Waals surface area contributed by atoms with Gasteiger partial charge in [-0.25, -0.2) is 4.98 Å². The van der Waals surface area contributed by atoms with Crippen molar-refractivity contribution in [2.45, 2.75) is 12.8 Å². The van der Waals surface area contributed by atoms with Crippen LogP contribution in [0.4, 0.5) is 5.69 Å². The minimum atomic E-state index is -0.169. The predicted octanol–water partition coefficient (Wildman–Crippen LogP) is 0.820. The molecule has 0 aromatic carbocycles. The van der Waals surface area contributed by atoms with Gasteiger partial charge >= 0.3 is 0 Å². The maximum absolute atomic E-state index is 11.5. The average molecular weight is 223 g/mol. The number of carbonyl (C=O) groups excluding carboxylic acids is 1. The maximum atomic E-state index is 11.5. The van der Waals surface area contributed by atoms with Crippen LogP contribution in [0.25, 0.3) is 0 Å². The molecular formula is C11H17N3O2. The van der Waals surface area contributed by atoms with Gasteiger partial charge in [0.25, 0.3) is 5.91 Å². The molecule has 88 valence electrons. The van der Waals surface area contributed by atoms with Gasteiger partial charge in [0.05, 0.1) is 11.9 Å². The number of nitrogens with zero attached hydrogens (tertiary/aromatic N) is 1. The Kier molecular flexibility index (Phi) is 5.28. The molecule has 1 amide bonds. The van der Waals surface area contributed by atoms with Gasteiger partial charge in [0.1, 0.15) is 5.69 Å². The van der Waals surface area contributed by atoms with Crippen LogP contribution in [-0.2, 0) is 4.74 Å². The highest BCUT2D eigenvalue weighted by Gasteiger charge is 2.04. The third-order valence-electron chi connectivity index (χ3n) is 2.08. The molecule has 1 rings (SSSR count). The molecule has 0 radical (unpaired) electrons. The van der Waals surface area contributed by atoms with Gasteiger partial charge in [0, 0.05) is 20.3 Å². The lowest BCUT2D eigenvalue weighted by atomic mass is 10.3. The topological polar surface area (TPSA) is 77.2 Å².